The van der Waals surface area contributed by atoms with Gasteiger partial charge in [-0.2, -0.15) is 0 Å². The van der Waals surface area contributed by atoms with Gasteiger partial charge < -0.3 is 19.3 Å². The van der Waals surface area contributed by atoms with Crippen LogP contribution in [0.1, 0.15) is 19.3 Å². The van der Waals surface area contributed by atoms with Crippen LogP contribution in [0.5, 0.6) is 0 Å². The Bertz CT molecular complexity index is 400. The van der Waals surface area contributed by atoms with Crippen molar-refractivity contribution in [2.75, 3.05) is 26.4 Å². The van der Waals surface area contributed by atoms with Gasteiger partial charge in [0, 0.05) is 12.3 Å². The number of fused-ring (bicyclic) bond motifs is 1. The fraction of sp³-hybridized carbons (Fsp3) is 1.00. The maximum absolute atomic E-state index is 11.0. The van der Waals surface area contributed by atoms with Crippen molar-refractivity contribution in [2.24, 2.45) is 35.5 Å². The Morgan fingerprint density at radius 1 is 0.895 bits per heavy atom. The number of hydrogen-bond acceptors (Lipinski definition) is 4. The summed E-state index contributed by atoms with van der Waals surface area (Å²) in [5, 5.41) is 11.0. The first-order valence-corrected chi connectivity index (χ1v) is 7.83. The van der Waals surface area contributed by atoms with Crippen molar-refractivity contribution >= 4 is 0 Å². The van der Waals surface area contributed by atoms with E-state index < -0.39 is 5.79 Å². The molecule has 0 aromatic heterocycles. The van der Waals surface area contributed by atoms with E-state index in [9.17, 15) is 5.11 Å². The van der Waals surface area contributed by atoms with Crippen LogP contribution in [-0.2, 0) is 14.2 Å². The third kappa shape index (κ3) is 1.34. The zero-order chi connectivity index (χ0) is 12.6. The van der Waals surface area contributed by atoms with Crippen LogP contribution in [0.2, 0.25) is 0 Å². The summed E-state index contributed by atoms with van der Waals surface area (Å²) >= 11 is 0. The molecule has 0 aromatic carbocycles. The Morgan fingerprint density at radius 3 is 2.74 bits per heavy atom. The smallest absolute Gasteiger partial charge is 0.169 e. The van der Waals surface area contributed by atoms with E-state index in [0.29, 0.717) is 56.2 Å². The number of hydrogen-bond donors (Lipinski definition) is 1. The highest BCUT2D eigenvalue weighted by Crippen LogP contribution is 2.73. The van der Waals surface area contributed by atoms with Gasteiger partial charge in [0.05, 0.1) is 32.5 Å². The van der Waals surface area contributed by atoms with Crippen molar-refractivity contribution in [3.8, 4) is 0 Å². The summed E-state index contributed by atoms with van der Waals surface area (Å²) < 4.78 is 17.5. The molecule has 4 heteroatoms. The molecule has 1 heterocycles. The molecular formula is C15H22O4. The largest absolute Gasteiger partial charge is 0.377 e. The second-order valence-corrected chi connectivity index (χ2v) is 7.15. The molecule has 4 aliphatic carbocycles. The van der Waals surface area contributed by atoms with E-state index in [0.717, 1.165) is 18.3 Å². The van der Waals surface area contributed by atoms with E-state index in [1.807, 2.05) is 0 Å². The first kappa shape index (κ1) is 11.5. The molecule has 4 saturated carbocycles. The van der Waals surface area contributed by atoms with Crippen LogP contribution >= 0.6 is 0 Å². The average molecular weight is 266 g/mol. The molecule has 0 aromatic rings. The molecule has 0 spiro atoms. The summed E-state index contributed by atoms with van der Waals surface area (Å²) in [6.07, 6.45) is 3.72. The summed E-state index contributed by atoms with van der Waals surface area (Å²) in [5.74, 6) is 2.94. The number of ether oxygens (including phenoxy) is 3. The predicted octanol–water partition coefficient (Wildman–Crippen LogP) is 1.03. The van der Waals surface area contributed by atoms with Gasteiger partial charge in [-0.3, -0.25) is 0 Å². The molecule has 8 atom stereocenters. The highest BCUT2D eigenvalue weighted by Gasteiger charge is 2.73. The van der Waals surface area contributed by atoms with Gasteiger partial charge in [0.25, 0.3) is 0 Å². The molecule has 1 aliphatic heterocycles. The van der Waals surface area contributed by atoms with Crippen molar-refractivity contribution in [1.29, 1.82) is 0 Å². The third-order valence-electron chi connectivity index (χ3n) is 6.69. The van der Waals surface area contributed by atoms with Gasteiger partial charge in [-0.25, -0.2) is 0 Å². The van der Waals surface area contributed by atoms with Crippen molar-refractivity contribution in [1.82, 2.24) is 0 Å². The average Bonchev–Trinajstić information content (AvgIpc) is 3.01. The first-order chi connectivity index (χ1) is 9.28. The molecule has 0 radical (unpaired) electrons. The summed E-state index contributed by atoms with van der Waals surface area (Å²) in [4.78, 5) is 0. The quantitative estimate of drug-likeness (QED) is 0.711. The molecule has 0 unspecified atom stereocenters. The number of aliphatic hydroxyl groups is 1. The van der Waals surface area contributed by atoms with Crippen molar-refractivity contribution in [2.45, 2.75) is 31.2 Å². The van der Waals surface area contributed by atoms with Crippen LogP contribution in [0.3, 0.4) is 0 Å². The monoisotopic (exact) mass is 266 g/mol. The molecule has 2 bridgehead atoms. The lowest BCUT2D eigenvalue weighted by atomic mass is 9.78. The normalized spacial score (nSPS) is 62.7. The maximum atomic E-state index is 11.0. The van der Waals surface area contributed by atoms with Crippen molar-refractivity contribution in [3.05, 3.63) is 0 Å². The molecule has 5 aliphatic rings. The van der Waals surface area contributed by atoms with Crippen LogP contribution in [0.4, 0.5) is 0 Å². The van der Waals surface area contributed by atoms with Gasteiger partial charge in [-0.1, -0.05) is 0 Å². The van der Waals surface area contributed by atoms with E-state index in [1.165, 1.54) is 12.8 Å². The molecule has 0 amide bonds. The van der Waals surface area contributed by atoms with Crippen LogP contribution in [0.25, 0.3) is 0 Å². The zero-order valence-corrected chi connectivity index (χ0v) is 11.2. The van der Waals surface area contributed by atoms with Gasteiger partial charge >= 0.3 is 0 Å². The van der Waals surface area contributed by atoms with E-state index >= 15 is 0 Å². The molecule has 19 heavy (non-hydrogen) atoms. The van der Waals surface area contributed by atoms with Crippen LogP contribution in [0.15, 0.2) is 0 Å². The Labute approximate surface area is 113 Å². The Kier molecular flexibility index (Phi) is 2.26. The lowest BCUT2D eigenvalue weighted by Gasteiger charge is -2.35. The van der Waals surface area contributed by atoms with E-state index in [4.69, 9.17) is 14.2 Å². The van der Waals surface area contributed by atoms with Crippen molar-refractivity contribution in [3.63, 3.8) is 0 Å². The molecule has 5 fully saturated rings. The molecule has 1 N–H and O–H groups in total. The van der Waals surface area contributed by atoms with Gasteiger partial charge in [0.1, 0.15) is 0 Å². The second kappa shape index (κ2) is 3.73. The summed E-state index contributed by atoms with van der Waals surface area (Å²) in [5.41, 5.74) is 0. The molecular weight excluding hydrogens is 244 g/mol. The fourth-order valence-electron chi connectivity index (χ4n) is 6.37. The minimum absolute atomic E-state index is 0.323. The SMILES string of the molecule is O[C@@]12C[C@H]3[C@H]4C[C@@H](OCCOCCO1)[C@@H]1[C@@H]4C[C@@H]3[C@@H]12. The van der Waals surface area contributed by atoms with Gasteiger partial charge in [-0.05, 0) is 42.4 Å². The lowest BCUT2D eigenvalue weighted by Crippen LogP contribution is -2.43. The second-order valence-electron chi connectivity index (χ2n) is 7.15. The van der Waals surface area contributed by atoms with Crippen LogP contribution in [-0.4, -0.2) is 43.4 Å². The number of rotatable bonds is 0. The molecule has 5 rings (SSSR count). The fourth-order valence-corrected chi connectivity index (χ4v) is 6.37. The molecule has 1 saturated heterocycles. The molecule has 106 valence electrons. The van der Waals surface area contributed by atoms with Crippen LogP contribution in [0, 0.1) is 35.5 Å². The van der Waals surface area contributed by atoms with Gasteiger partial charge in [-0.15, -0.1) is 0 Å². The minimum Gasteiger partial charge on any atom is -0.377 e. The topological polar surface area (TPSA) is 47.9 Å². The van der Waals surface area contributed by atoms with Crippen molar-refractivity contribution < 1.29 is 19.3 Å². The highest BCUT2D eigenvalue weighted by atomic mass is 16.6. The van der Waals surface area contributed by atoms with Crippen LogP contribution < -0.4 is 0 Å². The first-order valence-electron chi connectivity index (χ1n) is 7.83. The standard InChI is InChI=1S/C15H22O4/c16-15-7-11-8-6-12(18-3-1-17-2-4-19-15)13-9(8)5-10(11)14(13)15/h8-14,16H,1-7H2/t8-,9+,10-,11-,12+,13-,14-,15-/m0/s1. The van der Waals surface area contributed by atoms with E-state index in [2.05, 4.69) is 0 Å². The predicted molar refractivity (Wildman–Crippen MR) is 66.3 cm³/mol. The minimum atomic E-state index is -0.890. The lowest BCUT2D eigenvalue weighted by molar-refractivity contribution is -0.242. The summed E-state index contributed by atoms with van der Waals surface area (Å²) in [6, 6.07) is 0. The molecule has 4 nitrogen and oxygen atoms in total. The third-order valence-corrected chi connectivity index (χ3v) is 6.69. The maximum Gasteiger partial charge on any atom is 0.169 e. The van der Waals surface area contributed by atoms with Gasteiger partial charge in [0.2, 0.25) is 0 Å². The van der Waals surface area contributed by atoms with E-state index in [1.54, 1.807) is 0 Å². The van der Waals surface area contributed by atoms with Gasteiger partial charge in [0.15, 0.2) is 5.79 Å². The highest BCUT2D eigenvalue weighted by molar-refractivity contribution is 5.19. The summed E-state index contributed by atoms with van der Waals surface area (Å²) in [7, 11) is 0. The Balaban J connectivity index is 1.54. The Morgan fingerprint density at radius 2 is 1.79 bits per heavy atom. The van der Waals surface area contributed by atoms with E-state index in [-0.39, 0.29) is 0 Å². The summed E-state index contributed by atoms with van der Waals surface area (Å²) in [6.45, 7) is 2.42. The zero-order valence-electron chi connectivity index (χ0n) is 11.2. The Hall–Kier alpha value is -0.160.